The van der Waals surface area contributed by atoms with Gasteiger partial charge in [0.25, 0.3) is 0 Å². The normalized spacial score (nSPS) is 19.1. The van der Waals surface area contributed by atoms with Crippen molar-refractivity contribution >= 4 is 39.9 Å². The molecule has 0 amide bonds. The van der Waals surface area contributed by atoms with E-state index in [1.54, 1.807) is 18.9 Å². The first-order chi connectivity index (χ1) is 13.0. The van der Waals surface area contributed by atoms with Gasteiger partial charge in [-0.3, -0.25) is 4.99 Å². The lowest BCUT2D eigenvalue weighted by molar-refractivity contribution is 0.415. The van der Waals surface area contributed by atoms with Crippen molar-refractivity contribution in [3.8, 4) is 5.75 Å². The van der Waals surface area contributed by atoms with E-state index in [1.807, 2.05) is 24.3 Å². The fourth-order valence-corrected chi connectivity index (χ4v) is 4.11. The maximum absolute atomic E-state index is 5.94. The van der Waals surface area contributed by atoms with Crippen LogP contribution < -0.4 is 21.1 Å². The largest absolute Gasteiger partial charge is 0.497 e. The molecule has 0 spiro atoms. The van der Waals surface area contributed by atoms with Gasteiger partial charge in [-0.05, 0) is 61.0 Å². The zero-order valence-electron chi connectivity index (χ0n) is 15.5. The maximum Gasteiger partial charge on any atom is 0.171 e. The predicted molar refractivity (Wildman–Crippen MR) is 119 cm³/mol. The Labute approximate surface area is 169 Å². The minimum atomic E-state index is -0.257. The Kier molecular flexibility index (Phi) is 6.23. The van der Waals surface area contributed by atoms with E-state index >= 15 is 0 Å². The fourth-order valence-electron chi connectivity index (χ4n) is 2.94. The van der Waals surface area contributed by atoms with Crippen molar-refractivity contribution in [3.63, 3.8) is 0 Å². The van der Waals surface area contributed by atoms with Crippen LogP contribution in [0.3, 0.4) is 0 Å². The molecular weight excluding hydrogens is 376 g/mol. The molecule has 0 radical (unpaired) electrons. The van der Waals surface area contributed by atoms with Gasteiger partial charge in [0.15, 0.2) is 10.3 Å². The molecule has 142 valence electrons. The van der Waals surface area contributed by atoms with Crippen LogP contribution in [0.5, 0.6) is 5.75 Å². The molecule has 1 aliphatic rings. The third-order valence-electron chi connectivity index (χ3n) is 4.55. The number of hydrogen-bond acceptors (Lipinski definition) is 5. The zero-order valence-corrected chi connectivity index (χ0v) is 17.1. The summed E-state index contributed by atoms with van der Waals surface area (Å²) >= 11 is 7.02. The Morgan fingerprint density at radius 2 is 2.07 bits per heavy atom. The lowest BCUT2D eigenvalue weighted by Crippen LogP contribution is -2.30. The molecule has 1 aliphatic heterocycles. The first kappa shape index (κ1) is 19.5. The molecule has 0 bridgehead atoms. The number of nitrogens with two attached hydrogens (primary N) is 1. The van der Waals surface area contributed by atoms with Crippen LogP contribution in [0.25, 0.3) is 0 Å². The van der Waals surface area contributed by atoms with Crippen LogP contribution in [0.4, 0.5) is 5.69 Å². The number of nitrogens with zero attached hydrogens (tertiary/aromatic N) is 1. The van der Waals surface area contributed by atoms with Gasteiger partial charge in [-0.2, -0.15) is 0 Å². The minimum absolute atomic E-state index is 0.257. The highest BCUT2D eigenvalue weighted by Gasteiger charge is 2.29. The van der Waals surface area contributed by atoms with Crippen molar-refractivity contribution in [1.82, 2.24) is 5.32 Å². The van der Waals surface area contributed by atoms with Crippen molar-refractivity contribution in [3.05, 3.63) is 59.7 Å². The van der Waals surface area contributed by atoms with Crippen LogP contribution >= 0.6 is 24.0 Å². The summed E-state index contributed by atoms with van der Waals surface area (Å²) in [6.45, 7) is 2.78. The highest BCUT2D eigenvalue weighted by atomic mass is 32.2. The molecule has 0 saturated heterocycles. The van der Waals surface area contributed by atoms with Crippen LogP contribution in [-0.4, -0.2) is 23.1 Å². The summed E-state index contributed by atoms with van der Waals surface area (Å²) in [5.74, 6) is 1.80. The van der Waals surface area contributed by atoms with E-state index in [-0.39, 0.29) is 5.54 Å². The second-order valence-corrected chi connectivity index (χ2v) is 8.08. The van der Waals surface area contributed by atoms with Gasteiger partial charge in [-0.25, -0.2) is 0 Å². The number of rotatable bonds is 5. The maximum atomic E-state index is 5.94. The molecule has 3 rings (SSSR count). The van der Waals surface area contributed by atoms with Crippen molar-refractivity contribution < 1.29 is 4.74 Å². The molecule has 0 saturated carbocycles. The Bertz CT molecular complexity index is 838. The van der Waals surface area contributed by atoms with E-state index in [1.165, 1.54) is 5.56 Å². The predicted octanol–water partition coefficient (Wildman–Crippen LogP) is 3.85. The number of amidine groups is 1. The highest BCUT2D eigenvalue weighted by molar-refractivity contribution is 8.13. The molecule has 5 nitrogen and oxygen atoms in total. The molecule has 0 aliphatic carbocycles. The molecule has 2 aromatic carbocycles. The summed E-state index contributed by atoms with van der Waals surface area (Å²) < 4.78 is 5.16. The first-order valence-corrected chi connectivity index (χ1v) is 10.1. The Morgan fingerprint density at radius 1 is 1.30 bits per heavy atom. The summed E-state index contributed by atoms with van der Waals surface area (Å²) in [5, 5.41) is 7.67. The van der Waals surface area contributed by atoms with Gasteiger partial charge < -0.3 is 21.1 Å². The molecule has 1 atom stereocenters. The number of hydrogen-bond donors (Lipinski definition) is 3. The van der Waals surface area contributed by atoms with E-state index < -0.39 is 0 Å². The van der Waals surface area contributed by atoms with Gasteiger partial charge in [0.05, 0.1) is 12.6 Å². The van der Waals surface area contributed by atoms with E-state index in [2.05, 4.69) is 46.8 Å². The monoisotopic (exact) mass is 400 g/mol. The number of thiocarbonyl (C=S) groups is 1. The molecule has 0 unspecified atom stereocenters. The van der Waals surface area contributed by atoms with Crippen LogP contribution in [0.1, 0.15) is 24.5 Å². The number of methoxy groups -OCH3 is 1. The number of aliphatic imine (C=N–C) groups is 1. The second kappa shape index (κ2) is 8.63. The average Bonchev–Trinajstić information content (AvgIpc) is 2.67. The van der Waals surface area contributed by atoms with Crippen LogP contribution in [0.2, 0.25) is 0 Å². The topological polar surface area (TPSA) is 71.7 Å². The molecule has 7 heteroatoms. The number of thioether (sulfide) groups is 1. The molecular formula is C20H24N4OS2. The van der Waals surface area contributed by atoms with Crippen LogP contribution in [0, 0.1) is 0 Å². The van der Waals surface area contributed by atoms with Crippen molar-refractivity contribution in [2.24, 2.45) is 10.7 Å². The lowest BCUT2D eigenvalue weighted by atomic mass is 9.89. The van der Waals surface area contributed by atoms with Gasteiger partial charge in [0.1, 0.15) is 5.75 Å². The minimum Gasteiger partial charge on any atom is -0.497 e. The highest BCUT2D eigenvalue weighted by Crippen LogP contribution is 2.35. The van der Waals surface area contributed by atoms with E-state index in [9.17, 15) is 0 Å². The Balaban J connectivity index is 1.61. The second-order valence-electron chi connectivity index (χ2n) is 6.56. The van der Waals surface area contributed by atoms with E-state index in [0.29, 0.717) is 16.8 Å². The standard InChI is InChI=1S/C20H24N4OS2/c1-20(10-11-27-18(21)24-20)15-5-3-4-14(12-15)13-22-19(26)23-16-6-8-17(25-2)9-7-16/h3-9,12H,10-11,13H2,1-2H3,(H2,21,24)(H2,22,23,26)/t20-/m0/s1. The van der Waals surface area contributed by atoms with E-state index in [4.69, 9.17) is 22.7 Å². The third kappa shape index (κ3) is 5.14. The molecule has 2 aromatic rings. The molecule has 27 heavy (non-hydrogen) atoms. The summed E-state index contributed by atoms with van der Waals surface area (Å²) in [6.07, 6.45) is 0.979. The third-order valence-corrected chi connectivity index (χ3v) is 5.59. The number of anilines is 1. The van der Waals surface area contributed by atoms with Crippen LogP contribution in [-0.2, 0) is 12.1 Å². The van der Waals surface area contributed by atoms with Gasteiger partial charge in [-0.1, -0.05) is 36.0 Å². The molecule has 1 heterocycles. The lowest BCUT2D eigenvalue weighted by Gasteiger charge is -2.30. The quantitative estimate of drug-likeness (QED) is 0.662. The molecule has 0 fully saturated rings. The number of nitrogens with one attached hydrogen (secondary N) is 2. The molecule has 4 N–H and O–H groups in total. The van der Waals surface area contributed by atoms with Crippen molar-refractivity contribution in [2.45, 2.75) is 25.4 Å². The Hall–Kier alpha value is -2.25. The Morgan fingerprint density at radius 3 is 2.78 bits per heavy atom. The molecule has 0 aromatic heterocycles. The fraction of sp³-hybridized carbons (Fsp3) is 0.300. The van der Waals surface area contributed by atoms with Crippen molar-refractivity contribution in [1.29, 1.82) is 0 Å². The zero-order chi connectivity index (χ0) is 19.3. The summed E-state index contributed by atoms with van der Waals surface area (Å²) in [4.78, 5) is 4.68. The average molecular weight is 401 g/mol. The van der Waals surface area contributed by atoms with Crippen LogP contribution in [0.15, 0.2) is 53.5 Å². The number of benzene rings is 2. The SMILES string of the molecule is COc1ccc(NC(=S)NCc2cccc([C@]3(C)CCSC(N)=N3)c2)cc1. The van der Waals surface area contributed by atoms with E-state index in [0.717, 1.165) is 29.2 Å². The van der Waals surface area contributed by atoms with Gasteiger partial charge >= 0.3 is 0 Å². The number of ether oxygens (including phenoxy) is 1. The first-order valence-electron chi connectivity index (χ1n) is 8.75. The summed E-state index contributed by atoms with van der Waals surface area (Å²) in [5.41, 5.74) is 8.93. The van der Waals surface area contributed by atoms with Gasteiger partial charge in [-0.15, -0.1) is 0 Å². The van der Waals surface area contributed by atoms with Crippen molar-refractivity contribution in [2.75, 3.05) is 18.2 Å². The van der Waals surface area contributed by atoms with Gasteiger partial charge in [0, 0.05) is 18.0 Å². The smallest absolute Gasteiger partial charge is 0.171 e. The summed E-state index contributed by atoms with van der Waals surface area (Å²) in [6, 6.07) is 16.1. The van der Waals surface area contributed by atoms with Gasteiger partial charge in [0.2, 0.25) is 0 Å². The summed E-state index contributed by atoms with van der Waals surface area (Å²) in [7, 11) is 1.65.